The smallest absolute Gasteiger partial charge is 0.409 e. The number of carboxylic acids is 1. The Kier molecular flexibility index (Phi) is 4.82. The molecule has 1 aliphatic rings. The van der Waals surface area contributed by atoms with Crippen LogP contribution in [0.3, 0.4) is 0 Å². The minimum Gasteiger partial charge on any atom is -0.478 e. The zero-order valence-electron chi connectivity index (χ0n) is 9.39. The van der Waals surface area contributed by atoms with E-state index in [-0.39, 0.29) is 12.0 Å². The van der Waals surface area contributed by atoms with Crippen LogP contribution in [0.5, 0.6) is 0 Å². The van der Waals surface area contributed by atoms with Crippen molar-refractivity contribution in [3.8, 4) is 0 Å². The van der Waals surface area contributed by atoms with Gasteiger partial charge in [0.1, 0.15) is 0 Å². The summed E-state index contributed by atoms with van der Waals surface area (Å²) in [6.07, 6.45) is 4.18. The third-order valence-corrected chi connectivity index (χ3v) is 2.58. The lowest BCUT2D eigenvalue weighted by Crippen LogP contribution is -2.38. The minimum atomic E-state index is -0.923. The molecule has 5 nitrogen and oxygen atoms in total. The number of carboxylic acid groups (broad SMARTS) is 1. The first-order chi connectivity index (χ1) is 7.63. The number of ether oxygens (including phenoxy) is 1. The SMILES string of the molecule is CCOC(=O)N1CCC(/C=C/C(=O)O)CC1. The van der Waals surface area contributed by atoms with Crippen LogP contribution in [-0.2, 0) is 9.53 Å². The van der Waals surface area contributed by atoms with Crippen molar-refractivity contribution in [2.24, 2.45) is 5.92 Å². The average molecular weight is 227 g/mol. The van der Waals surface area contributed by atoms with E-state index in [2.05, 4.69) is 0 Å². The Morgan fingerprint density at radius 3 is 2.56 bits per heavy atom. The van der Waals surface area contributed by atoms with Crippen LogP contribution in [0.1, 0.15) is 19.8 Å². The number of carbonyl (C=O) groups excluding carboxylic acids is 1. The summed E-state index contributed by atoms with van der Waals surface area (Å²) >= 11 is 0. The molecule has 0 radical (unpaired) electrons. The van der Waals surface area contributed by atoms with Crippen molar-refractivity contribution < 1.29 is 19.4 Å². The normalized spacial score (nSPS) is 17.7. The first-order valence-electron chi connectivity index (χ1n) is 5.46. The number of hydrogen-bond acceptors (Lipinski definition) is 3. The molecule has 16 heavy (non-hydrogen) atoms. The van der Waals surface area contributed by atoms with Crippen molar-refractivity contribution in [1.82, 2.24) is 4.90 Å². The molecular weight excluding hydrogens is 210 g/mol. The van der Waals surface area contributed by atoms with Crippen LogP contribution in [-0.4, -0.2) is 41.8 Å². The summed E-state index contributed by atoms with van der Waals surface area (Å²) in [5.74, 6) is -0.672. The number of hydrogen-bond donors (Lipinski definition) is 1. The second-order valence-electron chi connectivity index (χ2n) is 3.72. The van der Waals surface area contributed by atoms with Crippen LogP contribution in [0.15, 0.2) is 12.2 Å². The molecule has 0 atom stereocenters. The standard InChI is InChI=1S/C11H17NO4/c1-2-16-11(15)12-7-5-9(6-8-12)3-4-10(13)14/h3-4,9H,2,5-8H2,1H3,(H,13,14)/b4-3+. The molecule has 0 spiro atoms. The van der Waals surface area contributed by atoms with Crippen molar-refractivity contribution in [3.05, 3.63) is 12.2 Å². The van der Waals surface area contributed by atoms with Crippen LogP contribution in [0.25, 0.3) is 0 Å². The highest BCUT2D eigenvalue weighted by atomic mass is 16.6. The van der Waals surface area contributed by atoms with Gasteiger partial charge in [-0.1, -0.05) is 6.08 Å². The van der Waals surface area contributed by atoms with Crippen LogP contribution in [0.2, 0.25) is 0 Å². The molecule has 0 aromatic rings. The van der Waals surface area contributed by atoms with Gasteiger partial charge >= 0.3 is 12.1 Å². The maximum atomic E-state index is 11.4. The van der Waals surface area contributed by atoms with Crippen molar-refractivity contribution in [1.29, 1.82) is 0 Å². The van der Waals surface area contributed by atoms with Crippen molar-refractivity contribution in [2.45, 2.75) is 19.8 Å². The second-order valence-corrected chi connectivity index (χ2v) is 3.72. The van der Waals surface area contributed by atoms with Gasteiger partial charge in [-0.15, -0.1) is 0 Å². The molecule has 0 saturated carbocycles. The fourth-order valence-electron chi connectivity index (χ4n) is 1.71. The van der Waals surface area contributed by atoms with E-state index >= 15 is 0 Å². The highest BCUT2D eigenvalue weighted by Crippen LogP contribution is 2.18. The van der Waals surface area contributed by atoms with Gasteiger partial charge in [-0.05, 0) is 25.7 Å². The second kappa shape index (κ2) is 6.15. The number of piperidine rings is 1. The molecule has 1 saturated heterocycles. The number of nitrogens with zero attached hydrogens (tertiary/aromatic N) is 1. The molecule has 0 aromatic heterocycles. The van der Waals surface area contributed by atoms with Crippen molar-refractivity contribution in [3.63, 3.8) is 0 Å². The lowest BCUT2D eigenvalue weighted by molar-refractivity contribution is -0.131. The van der Waals surface area contributed by atoms with E-state index in [0.717, 1.165) is 12.8 Å². The van der Waals surface area contributed by atoms with E-state index in [0.29, 0.717) is 19.7 Å². The molecular formula is C11H17NO4. The van der Waals surface area contributed by atoms with E-state index in [1.54, 1.807) is 17.9 Å². The highest BCUT2D eigenvalue weighted by molar-refractivity contribution is 5.79. The first-order valence-corrected chi connectivity index (χ1v) is 5.46. The van der Waals surface area contributed by atoms with Gasteiger partial charge < -0.3 is 14.7 Å². The monoisotopic (exact) mass is 227 g/mol. The zero-order chi connectivity index (χ0) is 12.0. The summed E-state index contributed by atoms with van der Waals surface area (Å²) in [5, 5.41) is 8.48. The Morgan fingerprint density at radius 2 is 2.06 bits per heavy atom. The molecule has 1 rings (SSSR count). The maximum absolute atomic E-state index is 11.4. The number of allylic oxidation sites excluding steroid dienone is 1. The summed E-state index contributed by atoms with van der Waals surface area (Å²) in [6.45, 7) is 3.43. The molecule has 0 unspecified atom stereocenters. The van der Waals surface area contributed by atoms with Gasteiger partial charge in [0.05, 0.1) is 6.61 Å². The van der Waals surface area contributed by atoms with E-state index < -0.39 is 5.97 Å². The van der Waals surface area contributed by atoms with Gasteiger partial charge in [-0.25, -0.2) is 9.59 Å². The molecule has 1 N–H and O–H groups in total. The summed E-state index contributed by atoms with van der Waals surface area (Å²) in [6, 6.07) is 0. The van der Waals surface area contributed by atoms with Crippen molar-refractivity contribution in [2.75, 3.05) is 19.7 Å². The molecule has 1 amide bonds. The molecule has 90 valence electrons. The molecule has 0 bridgehead atoms. The number of carbonyl (C=O) groups is 2. The number of likely N-dealkylation sites (tertiary alicyclic amines) is 1. The lowest BCUT2D eigenvalue weighted by atomic mass is 9.97. The Hall–Kier alpha value is -1.52. The van der Waals surface area contributed by atoms with Crippen LogP contribution >= 0.6 is 0 Å². The predicted molar refractivity (Wildman–Crippen MR) is 58.1 cm³/mol. The topological polar surface area (TPSA) is 66.8 Å². The number of amides is 1. The highest BCUT2D eigenvalue weighted by Gasteiger charge is 2.21. The van der Waals surface area contributed by atoms with E-state index in [1.807, 2.05) is 0 Å². The van der Waals surface area contributed by atoms with Crippen LogP contribution in [0, 0.1) is 5.92 Å². The summed E-state index contributed by atoms with van der Waals surface area (Å²) in [4.78, 5) is 23.4. The largest absolute Gasteiger partial charge is 0.478 e. The Morgan fingerprint density at radius 1 is 1.44 bits per heavy atom. The Bertz CT molecular complexity index is 280. The van der Waals surface area contributed by atoms with Gasteiger partial charge in [0.25, 0.3) is 0 Å². The number of aliphatic carboxylic acids is 1. The third-order valence-electron chi connectivity index (χ3n) is 2.58. The molecule has 0 aliphatic carbocycles. The van der Waals surface area contributed by atoms with Crippen LogP contribution < -0.4 is 0 Å². The first kappa shape index (κ1) is 12.5. The van der Waals surface area contributed by atoms with E-state index in [4.69, 9.17) is 9.84 Å². The Labute approximate surface area is 94.7 Å². The fourth-order valence-corrected chi connectivity index (χ4v) is 1.71. The maximum Gasteiger partial charge on any atom is 0.409 e. The number of rotatable bonds is 3. The van der Waals surface area contributed by atoms with E-state index in [1.165, 1.54) is 6.08 Å². The van der Waals surface area contributed by atoms with Crippen molar-refractivity contribution >= 4 is 12.1 Å². The predicted octanol–water partition coefficient (Wildman–Crippen LogP) is 1.50. The molecule has 0 aromatic carbocycles. The summed E-state index contributed by atoms with van der Waals surface area (Å²) in [7, 11) is 0. The molecule has 1 heterocycles. The van der Waals surface area contributed by atoms with Gasteiger partial charge in [0, 0.05) is 19.2 Å². The zero-order valence-corrected chi connectivity index (χ0v) is 9.39. The summed E-state index contributed by atoms with van der Waals surface area (Å²) < 4.78 is 4.89. The molecule has 5 heteroatoms. The average Bonchev–Trinajstić information content (AvgIpc) is 2.27. The fraction of sp³-hybridized carbons (Fsp3) is 0.636. The quantitative estimate of drug-likeness (QED) is 0.742. The van der Waals surface area contributed by atoms with E-state index in [9.17, 15) is 9.59 Å². The van der Waals surface area contributed by atoms with Gasteiger partial charge in [0.15, 0.2) is 0 Å². The van der Waals surface area contributed by atoms with Gasteiger partial charge in [-0.3, -0.25) is 0 Å². The van der Waals surface area contributed by atoms with Crippen LogP contribution in [0.4, 0.5) is 4.79 Å². The minimum absolute atomic E-state index is 0.252. The summed E-state index contributed by atoms with van der Waals surface area (Å²) in [5.41, 5.74) is 0. The van der Waals surface area contributed by atoms with Gasteiger partial charge in [-0.2, -0.15) is 0 Å². The van der Waals surface area contributed by atoms with Gasteiger partial charge in [0.2, 0.25) is 0 Å². The Balaban J connectivity index is 2.33. The molecule has 1 aliphatic heterocycles. The lowest BCUT2D eigenvalue weighted by Gasteiger charge is -2.29. The third kappa shape index (κ3) is 3.92. The molecule has 1 fully saturated rings.